The van der Waals surface area contributed by atoms with Crippen molar-refractivity contribution in [3.8, 4) is 11.5 Å². The molecule has 7 nitrogen and oxygen atoms in total. The Labute approximate surface area is 174 Å². The minimum Gasteiger partial charge on any atom is -0.497 e. The van der Waals surface area contributed by atoms with Gasteiger partial charge in [0.1, 0.15) is 18.1 Å². The molecular weight excluding hydrogens is 388 g/mol. The van der Waals surface area contributed by atoms with Crippen molar-refractivity contribution in [2.24, 2.45) is 0 Å². The lowest BCUT2D eigenvalue weighted by atomic mass is 9.87. The highest BCUT2D eigenvalue weighted by atomic mass is 32.1. The second-order valence-corrected chi connectivity index (χ2v) is 8.43. The SMILES string of the molecule is COc1ccc(OCc2nnc(NC(=O)Nc3ccc(C(C)(C)C)cc3)s2)cc1. The summed E-state index contributed by atoms with van der Waals surface area (Å²) in [6.45, 7) is 6.70. The van der Waals surface area contributed by atoms with Gasteiger partial charge >= 0.3 is 6.03 Å². The number of anilines is 2. The van der Waals surface area contributed by atoms with Crippen molar-refractivity contribution < 1.29 is 14.3 Å². The molecule has 0 atom stereocenters. The van der Waals surface area contributed by atoms with Gasteiger partial charge in [-0.2, -0.15) is 0 Å². The Bertz CT molecular complexity index is 947. The van der Waals surface area contributed by atoms with E-state index in [2.05, 4.69) is 41.6 Å². The molecule has 0 radical (unpaired) electrons. The average molecular weight is 413 g/mol. The zero-order valence-corrected chi connectivity index (χ0v) is 17.7. The first-order chi connectivity index (χ1) is 13.8. The van der Waals surface area contributed by atoms with Crippen molar-refractivity contribution in [2.75, 3.05) is 17.7 Å². The Balaban J connectivity index is 1.50. The van der Waals surface area contributed by atoms with Crippen molar-refractivity contribution in [1.82, 2.24) is 10.2 Å². The highest BCUT2D eigenvalue weighted by Gasteiger charge is 2.14. The number of amides is 2. The van der Waals surface area contributed by atoms with E-state index < -0.39 is 0 Å². The van der Waals surface area contributed by atoms with Crippen molar-refractivity contribution >= 4 is 28.2 Å². The van der Waals surface area contributed by atoms with E-state index in [0.717, 1.165) is 5.75 Å². The van der Waals surface area contributed by atoms with Crippen LogP contribution in [0.25, 0.3) is 0 Å². The summed E-state index contributed by atoms with van der Waals surface area (Å²) in [5.41, 5.74) is 1.98. The third kappa shape index (κ3) is 5.92. The highest BCUT2D eigenvalue weighted by Crippen LogP contribution is 2.24. The van der Waals surface area contributed by atoms with Crippen LogP contribution in [0.15, 0.2) is 48.5 Å². The molecule has 1 aromatic heterocycles. The zero-order valence-electron chi connectivity index (χ0n) is 16.9. The standard InChI is InChI=1S/C21H24N4O3S/c1-21(2,3)14-5-7-15(8-6-14)22-19(26)23-20-25-24-18(29-20)13-28-17-11-9-16(27-4)10-12-17/h5-12H,13H2,1-4H3,(H2,22,23,25,26). The van der Waals surface area contributed by atoms with Gasteiger partial charge in [-0.25, -0.2) is 4.79 Å². The van der Waals surface area contributed by atoms with E-state index in [4.69, 9.17) is 9.47 Å². The van der Waals surface area contributed by atoms with Gasteiger partial charge in [-0.05, 0) is 47.4 Å². The Morgan fingerprint density at radius 1 is 0.966 bits per heavy atom. The first-order valence-electron chi connectivity index (χ1n) is 9.11. The summed E-state index contributed by atoms with van der Waals surface area (Å²) < 4.78 is 10.8. The summed E-state index contributed by atoms with van der Waals surface area (Å²) >= 11 is 1.26. The minimum atomic E-state index is -0.368. The van der Waals surface area contributed by atoms with E-state index in [-0.39, 0.29) is 18.1 Å². The molecular formula is C21H24N4O3S. The lowest BCUT2D eigenvalue weighted by Crippen LogP contribution is -2.19. The highest BCUT2D eigenvalue weighted by molar-refractivity contribution is 7.15. The average Bonchev–Trinajstić information content (AvgIpc) is 3.13. The molecule has 0 fully saturated rings. The van der Waals surface area contributed by atoms with Gasteiger partial charge in [0.05, 0.1) is 7.11 Å². The van der Waals surface area contributed by atoms with E-state index in [0.29, 0.717) is 21.6 Å². The Morgan fingerprint density at radius 2 is 1.62 bits per heavy atom. The number of rotatable bonds is 6. The van der Waals surface area contributed by atoms with Crippen LogP contribution in [0.1, 0.15) is 31.3 Å². The van der Waals surface area contributed by atoms with Crippen LogP contribution in [0.3, 0.4) is 0 Å². The molecule has 29 heavy (non-hydrogen) atoms. The van der Waals surface area contributed by atoms with E-state index in [1.807, 2.05) is 48.5 Å². The fourth-order valence-corrected chi connectivity index (χ4v) is 3.14. The number of carbonyl (C=O) groups excluding carboxylic acids is 1. The van der Waals surface area contributed by atoms with E-state index in [1.54, 1.807) is 7.11 Å². The number of benzene rings is 2. The monoisotopic (exact) mass is 412 g/mol. The van der Waals surface area contributed by atoms with Crippen molar-refractivity contribution in [2.45, 2.75) is 32.8 Å². The van der Waals surface area contributed by atoms with Crippen LogP contribution >= 0.6 is 11.3 Å². The Kier molecular flexibility index (Phi) is 6.33. The maximum Gasteiger partial charge on any atom is 0.325 e. The normalized spacial score (nSPS) is 11.0. The number of aromatic nitrogens is 2. The molecule has 0 aliphatic carbocycles. The summed E-state index contributed by atoms with van der Waals surface area (Å²) in [7, 11) is 1.61. The molecule has 8 heteroatoms. The fourth-order valence-electron chi connectivity index (χ4n) is 2.49. The number of hydrogen-bond acceptors (Lipinski definition) is 6. The molecule has 3 rings (SSSR count). The van der Waals surface area contributed by atoms with Gasteiger partial charge in [0, 0.05) is 5.69 Å². The summed E-state index contributed by atoms with van der Waals surface area (Å²) in [4.78, 5) is 12.2. The Morgan fingerprint density at radius 3 is 2.24 bits per heavy atom. The zero-order chi connectivity index (χ0) is 20.9. The summed E-state index contributed by atoms with van der Waals surface area (Å²) in [6, 6.07) is 14.7. The molecule has 1 heterocycles. The van der Waals surface area contributed by atoms with Gasteiger partial charge in [0.2, 0.25) is 5.13 Å². The maximum atomic E-state index is 12.2. The summed E-state index contributed by atoms with van der Waals surface area (Å²) in [6.07, 6.45) is 0. The van der Waals surface area contributed by atoms with Crippen molar-refractivity contribution in [1.29, 1.82) is 0 Å². The number of carbonyl (C=O) groups is 1. The number of methoxy groups -OCH3 is 1. The van der Waals surface area contributed by atoms with Gasteiger partial charge in [-0.15, -0.1) is 10.2 Å². The maximum absolute atomic E-state index is 12.2. The third-order valence-corrected chi connectivity index (χ3v) is 4.93. The summed E-state index contributed by atoms with van der Waals surface area (Å²) in [5, 5.41) is 14.6. The largest absolute Gasteiger partial charge is 0.497 e. The number of nitrogens with zero attached hydrogens (tertiary/aromatic N) is 2. The van der Waals surface area contributed by atoms with Gasteiger partial charge in [0.15, 0.2) is 5.01 Å². The number of ether oxygens (including phenoxy) is 2. The van der Waals surface area contributed by atoms with E-state index >= 15 is 0 Å². The molecule has 0 spiro atoms. The number of urea groups is 1. The molecule has 0 saturated heterocycles. The van der Waals surface area contributed by atoms with Gasteiger partial charge in [0.25, 0.3) is 0 Å². The predicted molar refractivity (Wildman–Crippen MR) is 115 cm³/mol. The molecule has 0 unspecified atom stereocenters. The molecule has 3 aromatic rings. The summed E-state index contributed by atoms with van der Waals surface area (Å²) in [5.74, 6) is 1.46. The fraction of sp³-hybridized carbons (Fsp3) is 0.286. The quantitative estimate of drug-likeness (QED) is 0.591. The first-order valence-corrected chi connectivity index (χ1v) is 9.93. The molecule has 0 bridgehead atoms. The van der Waals surface area contributed by atoms with Crippen LogP contribution in [0.2, 0.25) is 0 Å². The first kappa shape index (κ1) is 20.6. The van der Waals surface area contributed by atoms with E-state index in [9.17, 15) is 4.79 Å². The molecule has 0 saturated carbocycles. The second kappa shape index (κ2) is 8.91. The molecule has 2 aromatic carbocycles. The van der Waals surface area contributed by atoms with Crippen molar-refractivity contribution in [3.05, 3.63) is 59.1 Å². The second-order valence-electron chi connectivity index (χ2n) is 7.37. The Hall–Kier alpha value is -3.13. The third-order valence-electron chi connectivity index (χ3n) is 4.12. The lowest BCUT2D eigenvalue weighted by Gasteiger charge is -2.19. The van der Waals surface area contributed by atoms with Crippen molar-refractivity contribution in [3.63, 3.8) is 0 Å². The molecule has 2 N–H and O–H groups in total. The van der Waals surface area contributed by atoms with Gasteiger partial charge in [-0.1, -0.05) is 44.2 Å². The van der Waals surface area contributed by atoms with Crippen LogP contribution in [0.5, 0.6) is 11.5 Å². The predicted octanol–water partition coefficient (Wildman–Crippen LogP) is 5.07. The topological polar surface area (TPSA) is 85.4 Å². The van der Waals surface area contributed by atoms with Crippen LogP contribution < -0.4 is 20.1 Å². The number of hydrogen-bond donors (Lipinski definition) is 2. The molecule has 0 aliphatic heterocycles. The molecule has 0 aliphatic rings. The molecule has 152 valence electrons. The van der Waals surface area contributed by atoms with Crippen LogP contribution in [0.4, 0.5) is 15.6 Å². The molecule has 2 amide bonds. The lowest BCUT2D eigenvalue weighted by molar-refractivity contribution is 0.262. The van der Waals surface area contributed by atoms with Gasteiger partial charge < -0.3 is 14.8 Å². The minimum absolute atomic E-state index is 0.0671. The number of nitrogens with one attached hydrogen (secondary N) is 2. The van der Waals surface area contributed by atoms with E-state index in [1.165, 1.54) is 16.9 Å². The van der Waals surface area contributed by atoms with Gasteiger partial charge in [-0.3, -0.25) is 5.32 Å². The van der Waals surface area contributed by atoms with Crippen LogP contribution in [-0.4, -0.2) is 23.3 Å². The smallest absolute Gasteiger partial charge is 0.325 e. The van der Waals surface area contributed by atoms with Crippen LogP contribution in [-0.2, 0) is 12.0 Å². The van der Waals surface area contributed by atoms with Crippen LogP contribution in [0, 0.1) is 0 Å².